The van der Waals surface area contributed by atoms with Crippen LogP contribution in [0.5, 0.6) is 0 Å². The number of halogens is 3. The summed E-state index contributed by atoms with van der Waals surface area (Å²) in [6, 6.07) is -2.04. The zero-order valence-electron chi connectivity index (χ0n) is 5.10. The van der Waals surface area contributed by atoms with E-state index < -0.39 is 25.2 Å². The molecule has 10 heavy (non-hydrogen) atoms. The number of nitrogens with zero attached hydrogens (tertiary/aromatic N) is 1. The van der Waals surface area contributed by atoms with Crippen molar-refractivity contribution in [3.05, 3.63) is 0 Å². The van der Waals surface area contributed by atoms with Crippen LogP contribution in [0.2, 0.25) is 0 Å². The van der Waals surface area contributed by atoms with Crippen molar-refractivity contribution in [1.29, 1.82) is 0 Å². The van der Waals surface area contributed by atoms with Crippen molar-refractivity contribution in [2.45, 2.75) is 18.5 Å². The Morgan fingerprint density at radius 1 is 1.60 bits per heavy atom. The van der Waals surface area contributed by atoms with Crippen LogP contribution in [0.1, 0.15) is 0 Å². The second-order valence-electron chi connectivity index (χ2n) is 2.03. The minimum atomic E-state index is -2.58. The molecule has 0 aromatic carbocycles. The zero-order chi connectivity index (χ0) is 7.56. The van der Waals surface area contributed by atoms with Gasteiger partial charge in [0, 0.05) is 0 Å². The topological polar surface area (TPSA) is 24.4 Å². The summed E-state index contributed by atoms with van der Waals surface area (Å²) in [7, 11) is 0. The predicted octanol–water partition coefficient (Wildman–Crippen LogP) is 0.590. The van der Waals surface area contributed by atoms with E-state index in [-0.39, 0.29) is 0 Å². The lowest BCUT2D eigenvalue weighted by Crippen LogP contribution is -2.37. The molecule has 0 aliphatic carbocycles. The highest BCUT2D eigenvalue weighted by atomic mass is 19.3. The molecule has 5 heteroatoms. The molecule has 0 amide bonds. The summed E-state index contributed by atoms with van der Waals surface area (Å²) in [5.41, 5.74) is 0. The first-order chi connectivity index (χ1) is 4.75. The van der Waals surface area contributed by atoms with Crippen molar-refractivity contribution in [1.82, 2.24) is 5.32 Å². The Hall–Kier alpha value is -0.740. The SMILES string of the molecule is FCC1NC=NC1C(F)F. The molecular formula is C5H7F3N2. The molecule has 2 unspecified atom stereocenters. The molecule has 0 radical (unpaired) electrons. The molecule has 58 valence electrons. The average molecular weight is 152 g/mol. The van der Waals surface area contributed by atoms with E-state index in [0.29, 0.717) is 0 Å². The van der Waals surface area contributed by atoms with Crippen LogP contribution >= 0.6 is 0 Å². The van der Waals surface area contributed by atoms with Crippen LogP contribution < -0.4 is 5.32 Å². The smallest absolute Gasteiger partial charge is 0.262 e. The summed E-state index contributed by atoms with van der Waals surface area (Å²) in [6.07, 6.45) is -1.45. The fourth-order valence-electron chi connectivity index (χ4n) is 0.804. The van der Waals surface area contributed by atoms with Gasteiger partial charge in [-0.2, -0.15) is 0 Å². The summed E-state index contributed by atoms with van der Waals surface area (Å²) in [5, 5.41) is 2.39. The fourth-order valence-corrected chi connectivity index (χ4v) is 0.804. The van der Waals surface area contributed by atoms with Crippen molar-refractivity contribution in [3.8, 4) is 0 Å². The Morgan fingerprint density at radius 3 is 2.70 bits per heavy atom. The summed E-state index contributed by atoms with van der Waals surface area (Å²) in [4.78, 5) is 3.36. The van der Waals surface area contributed by atoms with E-state index in [1.165, 1.54) is 0 Å². The molecule has 0 aromatic heterocycles. The average Bonchev–Trinajstić information content (AvgIpc) is 2.33. The Bertz CT molecular complexity index is 137. The molecular weight excluding hydrogens is 145 g/mol. The van der Waals surface area contributed by atoms with E-state index in [4.69, 9.17) is 0 Å². The van der Waals surface area contributed by atoms with Crippen LogP contribution in [0.15, 0.2) is 4.99 Å². The number of hydrogen-bond donors (Lipinski definition) is 1. The van der Waals surface area contributed by atoms with E-state index in [0.717, 1.165) is 6.34 Å². The Labute approximate surface area is 56.1 Å². The molecule has 0 bridgehead atoms. The highest BCUT2D eigenvalue weighted by molar-refractivity contribution is 5.58. The van der Waals surface area contributed by atoms with Crippen LogP contribution in [0.3, 0.4) is 0 Å². The molecule has 1 aliphatic heterocycles. The summed E-state index contributed by atoms with van der Waals surface area (Å²) in [6.45, 7) is -0.811. The lowest BCUT2D eigenvalue weighted by Gasteiger charge is -2.12. The van der Waals surface area contributed by atoms with Crippen molar-refractivity contribution >= 4 is 6.34 Å². The second-order valence-corrected chi connectivity index (χ2v) is 2.03. The van der Waals surface area contributed by atoms with Gasteiger partial charge in [0.05, 0.1) is 12.4 Å². The highest BCUT2D eigenvalue weighted by Gasteiger charge is 2.31. The largest absolute Gasteiger partial charge is 0.369 e. The second kappa shape index (κ2) is 2.90. The van der Waals surface area contributed by atoms with Crippen LogP contribution in [0, 0.1) is 0 Å². The van der Waals surface area contributed by atoms with Crippen molar-refractivity contribution < 1.29 is 13.2 Å². The van der Waals surface area contributed by atoms with Crippen molar-refractivity contribution in [3.63, 3.8) is 0 Å². The third-order valence-corrected chi connectivity index (χ3v) is 1.37. The van der Waals surface area contributed by atoms with Gasteiger partial charge in [-0.05, 0) is 0 Å². The van der Waals surface area contributed by atoms with Crippen molar-refractivity contribution in [2.24, 2.45) is 4.99 Å². The summed E-state index contributed by atoms with van der Waals surface area (Å²) < 4.78 is 35.5. The van der Waals surface area contributed by atoms with Gasteiger partial charge in [0.2, 0.25) is 0 Å². The zero-order valence-corrected chi connectivity index (χ0v) is 5.10. The van der Waals surface area contributed by atoms with E-state index >= 15 is 0 Å². The number of hydrogen-bond acceptors (Lipinski definition) is 2. The first kappa shape index (κ1) is 7.37. The molecule has 0 fully saturated rings. The Morgan fingerprint density at radius 2 is 2.30 bits per heavy atom. The van der Waals surface area contributed by atoms with Gasteiger partial charge in [-0.25, -0.2) is 13.2 Å². The lowest BCUT2D eigenvalue weighted by atomic mass is 10.2. The molecule has 1 heterocycles. The first-order valence-corrected chi connectivity index (χ1v) is 2.87. The van der Waals surface area contributed by atoms with Crippen LogP contribution in [0.25, 0.3) is 0 Å². The number of alkyl halides is 3. The Balaban J connectivity index is 2.49. The number of aliphatic imine (C=N–C) groups is 1. The molecule has 2 nitrogen and oxygen atoms in total. The molecule has 2 atom stereocenters. The van der Waals surface area contributed by atoms with Gasteiger partial charge < -0.3 is 5.32 Å². The number of rotatable bonds is 2. The van der Waals surface area contributed by atoms with Gasteiger partial charge in [0.25, 0.3) is 6.43 Å². The van der Waals surface area contributed by atoms with E-state index in [2.05, 4.69) is 10.3 Å². The van der Waals surface area contributed by atoms with Crippen molar-refractivity contribution in [2.75, 3.05) is 6.67 Å². The maximum Gasteiger partial charge on any atom is 0.262 e. The molecule has 0 spiro atoms. The molecule has 0 aromatic rings. The van der Waals surface area contributed by atoms with Gasteiger partial charge in [-0.15, -0.1) is 0 Å². The van der Waals surface area contributed by atoms with Crippen LogP contribution in [-0.4, -0.2) is 31.5 Å². The molecule has 1 N–H and O–H groups in total. The standard InChI is InChI=1S/C5H7F3N2/c6-1-3-4(5(7)8)10-2-9-3/h2-5H,1H2,(H,9,10). The van der Waals surface area contributed by atoms with Crippen LogP contribution in [-0.2, 0) is 0 Å². The highest BCUT2D eigenvalue weighted by Crippen LogP contribution is 2.13. The summed E-state index contributed by atoms with van der Waals surface area (Å²) >= 11 is 0. The minimum Gasteiger partial charge on any atom is -0.369 e. The minimum absolute atomic E-state index is 0.811. The summed E-state index contributed by atoms with van der Waals surface area (Å²) in [5.74, 6) is 0. The normalized spacial score (nSPS) is 31.2. The van der Waals surface area contributed by atoms with E-state index in [1.807, 2.05) is 0 Å². The maximum absolute atomic E-state index is 11.9. The van der Waals surface area contributed by atoms with Gasteiger partial charge in [0.15, 0.2) is 0 Å². The van der Waals surface area contributed by atoms with Gasteiger partial charge >= 0.3 is 0 Å². The fraction of sp³-hybridized carbons (Fsp3) is 0.800. The quantitative estimate of drug-likeness (QED) is 0.615. The molecule has 0 saturated heterocycles. The predicted molar refractivity (Wildman–Crippen MR) is 31.2 cm³/mol. The maximum atomic E-state index is 11.9. The van der Waals surface area contributed by atoms with E-state index in [1.54, 1.807) is 0 Å². The lowest BCUT2D eigenvalue weighted by molar-refractivity contribution is 0.102. The van der Waals surface area contributed by atoms with Gasteiger partial charge in [-0.3, -0.25) is 4.99 Å². The molecule has 1 rings (SSSR count). The van der Waals surface area contributed by atoms with Gasteiger partial charge in [-0.1, -0.05) is 0 Å². The third-order valence-electron chi connectivity index (χ3n) is 1.37. The van der Waals surface area contributed by atoms with Gasteiger partial charge in [0.1, 0.15) is 12.7 Å². The van der Waals surface area contributed by atoms with Crippen LogP contribution in [0.4, 0.5) is 13.2 Å². The van der Waals surface area contributed by atoms with E-state index in [9.17, 15) is 13.2 Å². The third kappa shape index (κ3) is 1.22. The molecule has 1 aliphatic rings. The molecule has 0 saturated carbocycles. The monoisotopic (exact) mass is 152 g/mol. The Kier molecular flexibility index (Phi) is 2.13. The number of nitrogens with one attached hydrogen (secondary N) is 1. The first-order valence-electron chi connectivity index (χ1n) is 2.87.